The van der Waals surface area contributed by atoms with Gasteiger partial charge in [0.05, 0.1) is 11.6 Å². The normalized spacial score (nSPS) is 10.7. The number of fused-ring (bicyclic) bond motifs is 1. The maximum absolute atomic E-state index is 12.4. The van der Waals surface area contributed by atoms with Crippen LogP contribution < -0.4 is 9.47 Å². The number of aryl methyl sites for hydroxylation is 1. The summed E-state index contributed by atoms with van der Waals surface area (Å²) in [6.45, 7) is 1.84. The van der Waals surface area contributed by atoms with E-state index in [-0.39, 0.29) is 17.8 Å². The van der Waals surface area contributed by atoms with E-state index in [2.05, 4.69) is 26.0 Å². The lowest BCUT2D eigenvalue weighted by Gasteiger charge is -2.12. The summed E-state index contributed by atoms with van der Waals surface area (Å²) in [7, 11) is 3.37. The van der Waals surface area contributed by atoms with E-state index in [0.29, 0.717) is 46.0 Å². The molecule has 0 aliphatic carbocycles. The van der Waals surface area contributed by atoms with Crippen LogP contribution in [0.3, 0.4) is 0 Å². The number of rotatable bonds is 7. The molecular weight excluding hydrogens is 480 g/mol. The number of nitrogens with zero attached hydrogens (tertiary/aromatic N) is 5. The first-order valence-corrected chi connectivity index (χ1v) is 11.9. The minimum atomic E-state index is -0.148. The van der Waals surface area contributed by atoms with Crippen LogP contribution >= 0.6 is 0 Å². The van der Waals surface area contributed by atoms with Gasteiger partial charge in [-0.15, -0.1) is 0 Å². The highest BCUT2D eigenvalue weighted by Gasteiger charge is 2.18. The van der Waals surface area contributed by atoms with Crippen LogP contribution in [0.15, 0.2) is 72.8 Å². The lowest BCUT2D eigenvalue weighted by Crippen LogP contribution is -2.21. The predicted molar refractivity (Wildman–Crippen MR) is 141 cm³/mol. The first-order chi connectivity index (χ1) is 18.4. The number of carbonyl (C=O) groups excluding carboxylic acids is 1. The van der Waals surface area contributed by atoms with Crippen molar-refractivity contribution in [2.45, 2.75) is 13.3 Å². The molecule has 2 heterocycles. The van der Waals surface area contributed by atoms with E-state index in [1.165, 1.54) is 4.90 Å². The van der Waals surface area contributed by atoms with Crippen LogP contribution in [0.4, 0.5) is 0 Å². The van der Waals surface area contributed by atoms with E-state index < -0.39 is 0 Å². The van der Waals surface area contributed by atoms with Crippen molar-refractivity contribution in [3.63, 3.8) is 0 Å². The molecule has 9 nitrogen and oxygen atoms in total. The van der Waals surface area contributed by atoms with Gasteiger partial charge < -0.3 is 19.4 Å². The van der Waals surface area contributed by atoms with E-state index in [1.807, 2.05) is 37.3 Å². The van der Waals surface area contributed by atoms with Gasteiger partial charge in [0.15, 0.2) is 5.65 Å². The van der Waals surface area contributed by atoms with Gasteiger partial charge >= 0.3 is 6.01 Å². The number of imidazole rings is 1. The molecule has 5 aromatic rings. The van der Waals surface area contributed by atoms with Crippen LogP contribution in [-0.2, 0) is 6.42 Å². The van der Waals surface area contributed by atoms with Crippen LogP contribution in [0, 0.1) is 18.3 Å². The van der Waals surface area contributed by atoms with Crippen molar-refractivity contribution in [1.82, 2.24) is 24.8 Å². The Balaban J connectivity index is 1.53. The summed E-state index contributed by atoms with van der Waals surface area (Å²) in [6.07, 6.45) is 0.567. The quantitative estimate of drug-likeness (QED) is 0.315. The topological polar surface area (TPSA) is 117 Å². The second-order valence-electron chi connectivity index (χ2n) is 8.88. The standard InChI is InChI=1S/C29H24N6O3/c1-18-14-23(13-12-21(18)17-30)37-27-25-26(32-24(31-25)15-19-8-5-4-6-9-19)33-29(34-27)38-22-11-7-10-20(16-22)28(36)35(2)3/h4-14,16H,15H2,1-3H3,(H,31,32,33,34). The van der Waals surface area contributed by atoms with Gasteiger partial charge in [0.1, 0.15) is 22.8 Å². The van der Waals surface area contributed by atoms with Crippen molar-refractivity contribution in [3.05, 3.63) is 101 Å². The average Bonchev–Trinajstić information content (AvgIpc) is 3.31. The number of aromatic nitrogens is 4. The summed E-state index contributed by atoms with van der Waals surface area (Å²) < 4.78 is 12.1. The third-order valence-electron chi connectivity index (χ3n) is 5.79. The molecule has 0 bridgehead atoms. The third kappa shape index (κ3) is 5.29. The summed E-state index contributed by atoms with van der Waals surface area (Å²) in [5.41, 5.74) is 3.80. The summed E-state index contributed by atoms with van der Waals surface area (Å²) in [4.78, 5) is 30.8. The monoisotopic (exact) mass is 504 g/mol. The Hall–Kier alpha value is -5.23. The van der Waals surface area contributed by atoms with Crippen molar-refractivity contribution < 1.29 is 14.3 Å². The SMILES string of the molecule is Cc1cc(Oc2nc(Oc3cccc(C(=O)N(C)C)c3)nc3nc(Cc4ccccc4)[nH]c23)ccc1C#N. The summed E-state index contributed by atoms with van der Waals surface area (Å²) in [5.74, 6) is 1.67. The Labute approximate surface area is 219 Å². The molecule has 3 aromatic carbocycles. The van der Waals surface area contributed by atoms with Gasteiger partial charge in [-0.1, -0.05) is 36.4 Å². The van der Waals surface area contributed by atoms with Gasteiger partial charge in [0.25, 0.3) is 11.8 Å². The third-order valence-corrected chi connectivity index (χ3v) is 5.79. The molecule has 38 heavy (non-hydrogen) atoms. The number of amides is 1. The second kappa shape index (κ2) is 10.4. The molecule has 0 radical (unpaired) electrons. The fraction of sp³-hybridized carbons (Fsp3) is 0.138. The number of carbonyl (C=O) groups is 1. The molecule has 0 unspecified atom stereocenters. The largest absolute Gasteiger partial charge is 0.437 e. The van der Waals surface area contributed by atoms with Gasteiger partial charge in [-0.05, 0) is 54.4 Å². The molecule has 2 aromatic heterocycles. The minimum Gasteiger partial charge on any atom is -0.437 e. The number of hydrogen-bond donors (Lipinski definition) is 1. The molecule has 9 heteroatoms. The Kier molecular flexibility index (Phi) is 6.70. The number of nitrogens with one attached hydrogen (secondary N) is 1. The first kappa shape index (κ1) is 24.5. The number of ether oxygens (including phenoxy) is 2. The molecule has 0 atom stereocenters. The van der Waals surface area contributed by atoms with E-state index >= 15 is 0 Å². The van der Waals surface area contributed by atoms with Crippen LogP contribution in [0.25, 0.3) is 11.2 Å². The van der Waals surface area contributed by atoms with Crippen LogP contribution in [-0.4, -0.2) is 44.8 Å². The minimum absolute atomic E-state index is 0.0186. The molecule has 1 N–H and O–H groups in total. The van der Waals surface area contributed by atoms with Crippen molar-refractivity contribution in [3.8, 4) is 29.5 Å². The highest BCUT2D eigenvalue weighted by atomic mass is 16.5. The number of benzene rings is 3. The number of hydrogen-bond acceptors (Lipinski definition) is 7. The van der Waals surface area contributed by atoms with E-state index in [1.54, 1.807) is 56.6 Å². The van der Waals surface area contributed by atoms with Crippen LogP contribution in [0.1, 0.15) is 32.9 Å². The zero-order valence-electron chi connectivity index (χ0n) is 21.1. The molecule has 188 valence electrons. The smallest absolute Gasteiger partial charge is 0.327 e. The maximum atomic E-state index is 12.4. The van der Waals surface area contributed by atoms with Crippen molar-refractivity contribution in [2.24, 2.45) is 0 Å². The number of aromatic amines is 1. The summed E-state index contributed by atoms with van der Waals surface area (Å²) in [5, 5.41) is 9.26. The van der Waals surface area contributed by atoms with Crippen LogP contribution in [0.2, 0.25) is 0 Å². The molecule has 5 rings (SSSR count). The summed E-state index contributed by atoms with van der Waals surface area (Å²) in [6, 6.07) is 24.1. The maximum Gasteiger partial charge on any atom is 0.327 e. The number of H-pyrrole nitrogens is 1. The van der Waals surface area contributed by atoms with Crippen molar-refractivity contribution in [2.75, 3.05) is 14.1 Å². The van der Waals surface area contributed by atoms with Crippen LogP contribution in [0.5, 0.6) is 23.4 Å². The Morgan fingerprint density at radius 3 is 2.47 bits per heavy atom. The Morgan fingerprint density at radius 1 is 0.947 bits per heavy atom. The summed E-state index contributed by atoms with van der Waals surface area (Å²) >= 11 is 0. The van der Waals surface area contributed by atoms with Crippen molar-refractivity contribution in [1.29, 1.82) is 5.26 Å². The highest BCUT2D eigenvalue weighted by molar-refractivity contribution is 5.94. The van der Waals surface area contributed by atoms with E-state index in [0.717, 1.165) is 11.1 Å². The number of nitriles is 1. The van der Waals surface area contributed by atoms with Gasteiger partial charge in [-0.2, -0.15) is 15.2 Å². The molecular formula is C29H24N6O3. The molecule has 0 saturated carbocycles. The zero-order valence-corrected chi connectivity index (χ0v) is 21.1. The van der Waals surface area contributed by atoms with Gasteiger partial charge in [0, 0.05) is 26.1 Å². The Morgan fingerprint density at radius 2 is 1.74 bits per heavy atom. The van der Waals surface area contributed by atoms with Crippen molar-refractivity contribution >= 4 is 17.1 Å². The lowest BCUT2D eigenvalue weighted by atomic mass is 10.1. The fourth-order valence-corrected chi connectivity index (χ4v) is 3.89. The molecule has 0 spiro atoms. The molecule has 0 aliphatic heterocycles. The van der Waals surface area contributed by atoms with Gasteiger partial charge in [-0.3, -0.25) is 4.79 Å². The molecule has 0 aliphatic rings. The first-order valence-electron chi connectivity index (χ1n) is 11.9. The molecule has 0 saturated heterocycles. The predicted octanol–water partition coefficient (Wildman–Crippen LogP) is 5.41. The average molecular weight is 505 g/mol. The highest BCUT2D eigenvalue weighted by Crippen LogP contribution is 2.31. The van der Waals surface area contributed by atoms with E-state index in [4.69, 9.17) is 9.47 Å². The van der Waals surface area contributed by atoms with Gasteiger partial charge in [0.2, 0.25) is 0 Å². The lowest BCUT2D eigenvalue weighted by molar-refractivity contribution is 0.0827. The second-order valence-corrected chi connectivity index (χ2v) is 8.88. The molecule has 1 amide bonds. The zero-order chi connectivity index (χ0) is 26.6. The molecule has 0 fully saturated rings. The van der Waals surface area contributed by atoms with E-state index in [9.17, 15) is 10.1 Å². The Bertz CT molecular complexity index is 1670. The fourth-order valence-electron chi connectivity index (χ4n) is 3.89. The van der Waals surface area contributed by atoms with Gasteiger partial charge in [-0.25, -0.2) is 4.98 Å².